The van der Waals surface area contributed by atoms with Crippen LogP contribution in [-0.4, -0.2) is 44.8 Å². The molecular formula is C15H22N2O2. The van der Waals surface area contributed by atoms with Crippen molar-refractivity contribution in [2.45, 2.75) is 24.4 Å². The van der Waals surface area contributed by atoms with Gasteiger partial charge in [-0.2, -0.15) is 0 Å². The molecule has 0 unspecified atom stereocenters. The number of hydrogen-bond acceptors (Lipinski definition) is 4. The highest BCUT2D eigenvalue weighted by Gasteiger charge is 2.43. The van der Waals surface area contributed by atoms with Crippen molar-refractivity contribution in [1.29, 1.82) is 0 Å². The zero-order valence-corrected chi connectivity index (χ0v) is 11.7. The van der Waals surface area contributed by atoms with Gasteiger partial charge in [0.2, 0.25) is 0 Å². The molecule has 0 atom stereocenters. The molecule has 0 spiro atoms. The van der Waals surface area contributed by atoms with Crippen LogP contribution < -0.4 is 15.2 Å². The number of ether oxygens (including phenoxy) is 2. The van der Waals surface area contributed by atoms with Crippen LogP contribution in [0.15, 0.2) is 18.2 Å². The average Bonchev–Trinajstić information content (AvgIpc) is 3.18. The lowest BCUT2D eigenvalue weighted by Gasteiger charge is -2.36. The van der Waals surface area contributed by atoms with Gasteiger partial charge < -0.3 is 15.2 Å². The number of likely N-dealkylation sites (tertiary alicyclic amines) is 1. The van der Waals surface area contributed by atoms with Crippen LogP contribution >= 0.6 is 0 Å². The summed E-state index contributed by atoms with van der Waals surface area (Å²) < 4.78 is 11.4. The molecule has 19 heavy (non-hydrogen) atoms. The summed E-state index contributed by atoms with van der Waals surface area (Å²) in [5, 5.41) is 0. The number of nitrogens with zero attached hydrogens (tertiary/aromatic N) is 1. The van der Waals surface area contributed by atoms with E-state index < -0.39 is 0 Å². The molecule has 0 bridgehead atoms. The van der Waals surface area contributed by atoms with Gasteiger partial charge in [0, 0.05) is 25.0 Å². The molecule has 2 fully saturated rings. The average molecular weight is 262 g/mol. The number of benzene rings is 1. The summed E-state index contributed by atoms with van der Waals surface area (Å²) in [4.78, 5) is 2.24. The van der Waals surface area contributed by atoms with Gasteiger partial charge in [0.1, 0.15) is 6.10 Å². The number of nitrogens with two attached hydrogens (primary N) is 1. The van der Waals surface area contributed by atoms with Gasteiger partial charge >= 0.3 is 0 Å². The predicted octanol–water partition coefficient (Wildman–Crippen LogP) is 1.38. The smallest absolute Gasteiger partial charge is 0.162 e. The Labute approximate surface area is 114 Å². The van der Waals surface area contributed by atoms with Crippen LogP contribution in [-0.2, 0) is 5.41 Å². The lowest BCUT2D eigenvalue weighted by Crippen LogP contribution is -2.51. The lowest BCUT2D eigenvalue weighted by molar-refractivity contribution is 0.0369. The Balaban J connectivity index is 1.81. The molecule has 1 saturated carbocycles. The molecule has 4 nitrogen and oxygen atoms in total. The molecular weight excluding hydrogens is 240 g/mol. The summed E-state index contributed by atoms with van der Waals surface area (Å²) in [6, 6.07) is 6.25. The van der Waals surface area contributed by atoms with Gasteiger partial charge in [-0.3, -0.25) is 4.90 Å². The van der Waals surface area contributed by atoms with Crippen LogP contribution in [0.2, 0.25) is 0 Å². The lowest BCUT2D eigenvalue weighted by atomic mass is 9.96. The first-order chi connectivity index (χ1) is 9.16. The zero-order valence-electron chi connectivity index (χ0n) is 11.7. The van der Waals surface area contributed by atoms with E-state index >= 15 is 0 Å². The molecule has 1 saturated heterocycles. The maximum atomic E-state index is 6.04. The van der Waals surface area contributed by atoms with E-state index in [2.05, 4.69) is 24.1 Å². The first-order valence-corrected chi connectivity index (χ1v) is 6.91. The molecule has 1 aliphatic carbocycles. The van der Waals surface area contributed by atoms with Crippen molar-refractivity contribution in [2.24, 2.45) is 5.73 Å². The molecule has 4 heteroatoms. The minimum absolute atomic E-state index is 0.195. The van der Waals surface area contributed by atoms with E-state index in [0.29, 0.717) is 6.54 Å². The van der Waals surface area contributed by atoms with Crippen molar-refractivity contribution < 1.29 is 9.47 Å². The minimum Gasteiger partial charge on any atom is -0.493 e. The van der Waals surface area contributed by atoms with Gasteiger partial charge in [0.05, 0.1) is 7.11 Å². The third-order valence-corrected chi connectivity index (χ3v) is 4.34. The van der Waals surface area contributed by atoms with E-state index in [4.69, 9.17) is 15.2 Å². The summed E-state index contributed by atoms with van der Waals surface area (Å²) in [6.45, 7) is 2.68. The Kier molecular flexibility index (Phi) is 3.15. The van der Waals surface area contributed by atoms with Crippen LogP contribution in [0, 0.1) is 0 Å². The van der Waals surface area contributed by atoms with Crippen molar-refractivity contribution in [3.63, 3.8) is 0 Å². The fraction of sp³-hybridized carbons (Fsp3) is 0.600. The van der Waals surface area contributed by atoms with Gasteiger partial charge in [-0.15, -0.1) is 0 Å². The van der Waals surface area contributed by atoms with Crippen molar-refractivity contribution in [3.8, 4) is 11.5 Å². The van der Waals surface area contributed by atoms with E-state index in [-0.39, 0.29) is 11.5 Å². The number of hydrogen-bond donors (Lipinski definition) is 1. The second-order valence-corrected chi connectivity index (χ2v) is 5.81. The van der Waals surface area contributed by atoms with E-state index in [1.807, 2.05) is 6.07 Å². The van der Waals surface area contributed by atoms with Crippen molar-refractivity contribution >= 4 is 0 Å². The number of likely N-dealkylation sites (N-methyl/N-ethyl adjacent to an activating group) is 1. The molecule has 2 N–H and O–H groups in total. The van der Waals surface area contributed by atoms with E-state index in [1.165, 1.54) is 18.4 Å². The molecule has 0 aromatic heterocycles. The van der Waals surface area contributed by atoms with Crippen LogP contribution in [0.5, 0.6) is 11.5 Å². The maximum absolute atomic E-state index is 6.04. The summed E-state index contributed by atoms with van der Waals surface area (Å²) in [7, 11) is 3.78. The van der Waals surface area contributed by atoms with E-state index in [0.717, 1.165) is 24.6 Å². The quantitative estimate of drug-likeness (QED) is 0.871. The Morgan fingerprint density at radius 1 is 1.32 bits per heavy atom. The third-order valence-electron chi connectivity index (χ3n) is 4.34. The summed E-state index contributed by atoms with van der Waals surface area (Å²) >= 11 is 0. The first-order valence-electron chi connectivity index (χ1n) is 6.91. The molecule has 1 heterocycles. The third kappa shape index (κ3) is 2.30. The van der Waals surface area contributed by atoms with E-state index in [1.54, 1.807) is 7.11 Å². The fourth-order valence-corrected chi connectivity index (χ4v) is 2.76. The molecule has 1 aliphatic heterocycles. The van der Waals surface area contributed by atoms with Crippen LogP contribution in [0.1, 0.15) is 18.4 Å². The molecule has 2 aliphatic rings. The second-order valence-electron chi connectivity index (χ2n) is 5.81. The van der Waals surface area contributed by atoms with Crippen LogP contribution in [0.25, 0.3) is 0 Å². The van der Waals surface area contributed by atoms with Crippen LogP contribution in [0.4, 0.5) is 0 Å². The predicted molar refractivity (Wildman–Crippen MR) is 74.9 cm³/mol. The topological polar surface area (TPSA) is 47.7 Å². The summed E-state index contributed by atoms with van der Waals surface area (Å²) in [5.74, 6) is 1.67. The second kappa shape index (κ2) is 4.69. The Hall–Kier alpha value is -1.26. The van der Waals surface area contributed by atoms with Gasteiger partial charge in [-0.25, -0.2) is 0 Å². The largest absolute Gasteiger partial charge is 0.493 e. The standard InChI is InChI=1S/C15H22N2O2/c1-17-8-12(9-17)19-14-7-11(3-4-13(14)18-2)15(10-16)5-6-15/h3-4,7,12H,5-6,8-10,16H2,1-2H3. The number of rotatable bonds is 5. The Morgan fingerprint density at radius 3 is 2.58 bits per heavy atom. The monoisotopic (exact) mass is 262 g/mol. The Bertz CT molecular complexity index is 465. The molecule has 0 radical (unpaired) electrons. The highest BCUT2D eigenvalue weighted by Crippen LogP contribution is 2.49. The summed E-state index contributed by atoms with van der Waals surface area (Å²) in [5.41, 5.74) is 7.38. The molecule has 1 aromatic rings. The molecule has 104 valence electrons. The van der Waals surface area contributed by atoms with Crippen molar-refractivity contribution in [3.05, 3.63) is 23.8 Å². The van der Waals surface area contributed by atoms with Gasteiger partial charge in [-0.1, -0.05) is 6.07 Å². The van der Waals surface area contributed by atoms with Gasteiger partial charge in [0.25, 0.3) is 0 Å². The molecule has 1 aromatic carbocycles. The SMILES string of the molecule is COc1ccc(C2(CN)CC2)cc1OC1CN(C)C1. The fourth-order valence-electron chi connectivity index (χ4n) is 2.76. The van der Waals surface area contributed by atoms with Gasteiger partial charge in [0.15, 0.2) is 11.5 Å². The highest BCUT2D eigenvalue weighted by molar-refractivity contribution is 5.47. The normalized spacial score (nSPS) is 21.8. The first kappa shape index (κ1) is 12.8. The zero-order chi connectivity index (χ0) is 13.5. The molecule has 3 rings (SSSR count). The van der Waals surface area contributed by atoms with Crippen molar-refractivity contribution in [2.75, 3.05) is 33.8 Å². The maximum Gasteiger partial charge on any atom is 0.162 e. The number of methoxy groups -OCH3 is 1. The minimum atomic E-state index is 0.195. The van der Waals surface area contributed by atoms with Crippen LogP contribution in [0.3, 0.4) is 0 Å². The summed E-state index contributed by atoms with van der Waals surface area (Å²) in [6.07, 6.45) is 2.64. The van der Waals surface area contributed by atoms with Gasteiger partial charge in [-0.05, 0) is 37.6 Å². The highest BCUT2D eigenvalue weighted by atomic mass is 16.5. The van der Waals surface area contributed by atoms with Crippen molar-refractivity contribution in [1.82, 2.24) is 4.90 Å². The molecule has 0 amide bonds. The van der Waals surface area contributed by atoms with E-state index in [9.17, 15) is 0 Å². The Morgan fingerprint density at radius 2 is 2.05 bits per heavy atom.